The Bertz CT molecular complexity index is 685. The van der Waals surface area contributed by atoms with E-state index >= 15 is 0 Å². The molecule has 142 valence electrons. The maximum Gasteiger partial charge on any atom is 0.0686 e. The molecule has 2 aromatic rings. The van der Waals surface area contributed by atoms with Crippen LogP contribution in [0.3, 0.4) is 0 Å². The molecule has 0 amide bonds. The molecule has 0 saturated carbocycles. The zero-order valence-electron chi connectivity index (χ0n) is 17.0. The molecule has 3 heteroatoms. The largest absolute Gasteiger partial charge is 0.400 e. The van der Waals surface area contributed by atoms with E-state index in [2.05, 4.69) is 63.7 Å². The highest BCUT2D eigenvalue weighted by molar-refractivity contribution is 5.60. The third-order valence-corrected chi connectivity index (χ3v) is 4.83. The monoisotopic (exact) mass is 354 g/mol. The van der Waals surface area contributed by atoms with E-state index in [4.69, 9.17) is 10.8 Å². The molecule has 26 heavy (non-hydrogen) atoms. The van der Waals surface area contributed by atoms with E-state index in [0.29, 0.717) is 0 Å². The van der Waals surface area contributed by atoms with Crippen LogP contribution in [-0.4, -0.2) is 18.9 Å². The van der Waals surface area contributed by atoms with Crippen molar-refractivity contribution in [3.8, 4) is 0 Å². The topological polar surface area (TPSA) is 58.6 Å². The normalized spacial score (nSPS) is 10.2. The van der Waals surface area contributed by atoms with Crippen molar-refractivity contribution in [2.45, 2.75) is 59.8 Å². The smallest absolute Gasteiger partial charge is 0.0686 e. The first-order chi connectivity index (χ1) is 12.6. The van der Waals surface area contributed by atoms with E-state index in [9.17, 15) is 0 Å². The molecule has 2 aromatic carbocycles. The quantitative estimate of drug-likeness (QED) is 0.540. The van der Waals surface area contributed by atoms with Gasteiger partial charge in [-0.25, -0.2) is 0 Å². The molecule has 0 spiro atoms. The van der Waals surface area contributed by atoms with E-state index < -0.39 is 0 Å². The first-order valence-electron chi connectivity index (χ1n) is 9.53. The van der Waals surface area contributed by atoms with Gasteiger partial charge >= 0.3 is 0 Å². The van der Waals surface area contributed by atoms with Crippen molar-refractivity contribution in [2.75, 3.05) is 12.8 Å². The number of rotatable bonds is 7. The Morgan fingerprint density at radius 2 is 1.12 bits per heavy atom. The van der Waals surface area contributed by atoms with Crippen LogP contribution in [0.25, 0.3) is 0 Å². The lowest BCUT2D eigenvalue weighted by Crippen LogP contribution is -2.02. The Kier molecular flexibility index (Phi) is 9.08. The van der Waals surface area contributed by atoms with Crippen LogP contribution in [0.4, 0.5) is 11.4 Å². The standard InChI is InChI=1S/C22H30N2.CH4O/c1-6-17-11-15(12-18(7-2)21(17)23)10-16-13-19(8-3)22(24-5)20(9-4)14-16;1-2/h11-14H,5-10,23H2,1-4H3;2H,1H3. The van der Waals surface area contributed by atoms with Gasteiger partial charge in [0, 0.05) is 12.8 Å². The fraction of sp³-hybridized carbons (Fsp3) is 0.435. The predicted molar refractivity (Wildman–Crippen MR) is 115 cm³/mol. The summed E-state index contributed by atoms with van der Waals surface area (Å²) in [4.78, 5) is 4.26. The Labute approximate surface area is 159 Å². The molecule has 0 radical (unpaired) electrons. The molecule has 0 saturated heterocycles. The summed E-state index contributed by atoms with van der Waals surface area (Å²) >= 11 is 0. The van der Waals surface area contributed by atoms with Gasteiger partial charge in [0.05, 0.1) is 5.69 Å². The van der Waals surface area contributed by atoms with Crippen molar-refractivity contribution in [1.29, 1.82) is 0 Å². The van der Waals surface area contributed by atoms with Gasteiger partial charge in [0.15, 0.2) is 0 Å². The highest BCUT2D eigenvalue weighted by Crippen LogP contribution is 2.29. The SMILES string of the molecule is C=Nc1c(CC)cc(Cc2cc(CC)c(N)c(CC)c2)cc1CC.CO. The zero-order valence-corrected chi connectivity index (χ0v) is 17.0. The van der Waals surface area contributed by atoms with Crippen LogP contribution in [0.15, 0.2) is 29.3 Å². The maximum absolute atomic E-state index is 7.00. The molecule has 0 unspecified atom stereocenters. The number of aliphatic hydroxyl groups is 1. The third-order valence-electron chi connectivity index (χ3n) is 4.83. The summed E-state index contributed by atoms with van der Waals surface area (Å²) in [5.74, 6) is 0. The van der Waals surface area contributed by atoms with Crippen LogP contribution in [0.1, 0.15) is 61.1 Å². The number of nitrogens with two attached hydrogens (primary N) is 1. The second-order valence-electron chi connectivity index (χ2n) is 6.34. The molecular formula is C23H34N2O. The highest BCUT2D eigenvalue weighted by atomic mass is 16.2. The molecule has 0 aliphatic heterocycles. The summed E-state index contributed by atoms with van der Waals surface area (Å²) in [5.41, 5.74) is 16.1. The van der Waals surface area contributed by atoms with Crippen LogP contribution in [0.2, 0.25) is 0 Å². The minimum Gasteiger partial charge on any atom is -0.400 e. The molecule has 3 nitrogen and oxygen atoms in total. The fourth-order valence-electron chi connectivity index (χ4n) is 3.45. The summed E-state index contributed by atoms with van der Waals surface area (Å²) in [5, 5.41) is 7.00. The lowest BCUT2D eigenvalue weighted by molar-refractivity contribution is 0.399. The number of hydrogen-bond donors (Lipinski definition) is 2. The molecule has 0 atom stereocenters. The predicted octanol–water partition coefficient (Wildman–Crippen LogP) is 5.05. The first-order valence-corrected chi connectivity index (χ1v) is 9.53. The van der Waals surface area contributed by atoms with Crippen molar-refractivity contribution in [2.24, 2.45) is 4.99 Å². The van der Waals surface area contributed by atoms with Crippen LogP contribution in [0.5, 0.6) is 0 Å². The average Bonchev–Trinajstić information content (AvgIpc) is 2.69. The van der Waals surface area contributed by atoms with Crippen molar-refractivity contribution >= 4 is 18.1 Å². The van der Waals surface area contributed by atoms with Crippen molar-refractivity contribution in [1.82, 2.24) is 0 Å². The second kappa shape index (κ2) is 10.8. The van der Waals surface area contributed by atoms with Gasteiger partial charge in [0.25, 0.3) is 0 Å². The van der Waals surface area contributed by atoms with Gasteiger partial charge in [-0.1, -0.05) is 52.0 Å². The van der Waals surface area contributed by atoms with Gasteiger partial charge in [0.1, 0.15) is 0 Å². The van der Waals surface area contributed by atoms with Gasteiger partial charge in [0.2, 0.25) is 0 Å². The third kappa shape index (κ3) is 4.95. The number of aliphatic hydroxyl groups excluding tert-OH is 1. The minimum absolute atomic E-state index is 0.942. The van der Waals surface area contributed by atoms with E-state index in [1.807, 2.05) is 0 Å². The molecule has 0 aliphatic rings. The number of benzene rings is 2. The van der Waals surface area contributed by atoms with Crippen LogP contribution in [0, 0.1) is 0 Å². The molecular weight excluding hydrogens is 320 g/mol. The van der Waals surface area contributed by atoms with Crippen molar-refractivity contribution in [3.63, 3.8) is 0 Å². The summed E-state index contributed by atoms with van der Waals surface area (Å²) in [6.07, 6.45) is 4.87. The Morgan fingerprint density at radius 1 is 0.769 bits per heavy atom. The van der Waals surface area contributed by atoms with E-state index in [1.165, 1.54) is 33.4 Å². The first kappa shape index (κ1) is 21.9. The van der Waals surface area contributed by atoms with Crippen LogP contribution in [-0.2, 0) is 32.1 Å². The minimum atomic E-state index is 0.942. The van der Waals surface area contributed by atoms with Gasteiger partial charge in [-0.3, -0.25) is 4.99 Å². The lowest BCUT2D eigenvalue weighted by atomic mass is 9.93. The molecule has 0 heterocycles. The molecule has 3 N–H and O–H groups in total. The zero-order chi connectivity index (χ0) is 19.7. The summed E-state index contributed by atoms with van der Waals surface area (Å²) in [6.45, 7) is 12.5. The molecule has 0 bridgehead atoms. The molecule has 2 rings (SSSR count). The van der Waals surface area contributed by atoms with E-state index in [1.54, 1.807) is 0 Å². The molecule has 0 aliphatic carbocycles. The number of hydrogen-bond acceptors (Lipinski definition) is 3. The molecule has 0 aromatic heterocycles. The molecule has 0 fully saturated rings. The number of nitrogens with zero attached hydrogens (tertiary/aromatic N) is 1. The summed E-state index contributed by atoms with van der Waals surface area (Å²) in [6, 6.07) is 9.12. The number of aryl methyl sites for hydroxylation is 4. The van der Waals surface area contributed by atoms with Gasteiger partial charge in [-0.15, -0.1) is 0 Å². The maximum atomic E-state index is 7.00. The number of anilines is 1. The van der Waals surface area contributed by atoms with E-state index in [-0.39, 0.29) is 0 Å². The average molecular weight is 355 g/mol. The Balaban J connectivity index is 0.00000163. The van der Waals surface area contributed by atoms with Gasteiger partial charge in [-0.05, 0) is 72.2 Å². The van der Waals surface area contributed by atoms with Crippen molar-refractivity contribution in [3.05, 3.63) is 57.6 Å². The van der Waals surface area contributed by atoms with E-state index in [0.717, 1.165) is 50.6 Å². The fourth-order valence-corrected chi connectivity index (χ4v) is 3.45. The summed E-state index contributed by atoms with van der Waals surface area (Å²) < 4.78 is 0. The number of aliphatic imine (C=N–C) groups is 1. The Morgan fingerprint density at radius 3 is 1.42 bits per heavy atom. The van der Waals surface area contributed by atoms with Crippen LogP contribution < -0.4 is 5.73 Å². The van der Waals surface area contributed by atoms with Gasteiger partial charge in [-0.2, -0.15) is 0 Å². The van der Waals surface area contributed by atoms with Crippen molar-refractivity contribution < 1.29 is 5.11 Å². The van der Waals surface area contributed by atoms with Gasteiger partial charge < -0.3 is 10.8 Å². The lowest BCUT2D eigenvalue weighted by Gasteiger charge is -2.15. The highest BCUT2D eigenvalue weighted by Gasteiger charge is 2.10. The second-order valence-corrected chi connectivity index (χ2v) is 6.34. The number of nitrogen functional groups attached to an aromatic ring is 1. The Hall–Kier alpha value is -2.13. The van der Waals surface area contributed by atoms with Crippen LogP contribution >= 0.6 is 0 Å². The summed E-state index contributed by atoms with van der Waals surface area (Å²) in [7, 11) is 1.00.